The first-order valence-corrected chi connectivity index (χ1v) is 18.6. The highest BCUT2D eigenvalue weighted by molar-refractivity contribution is 6.09. The van der Waals surface area contributed by atoms with Crippen LogP contribution >= 0.6 is 0 Å². The average Bonchev–Trinajstić information content (AvgIpc) is 3.23. The van der Waals surface area contributed by atoms with Crippen molar-refractivity contribution in [3.63, 3.8) is 0 Å². The zero-order chi connectivity index (χ0) is 36.6. The van der Waals surface area contributed by atoms with Crippen LogP contribution < -0.4 is 0 Å². The van der Waals surface area contributed by atoms with Gasteiger partial charge in [0.15, 0.2) is 0 Å². The number of hydrogen-bond donors (Lipinski definition) is 0. The lowest BCUT2D eigenvalue weighted by molar-refractivity contribution is 0.830. The molecule has 0 amide bonds. The monoisotopic (exact) mass is 693 g/mol. The van der Waals surface area contributed by atoms with Gasteiger partial charge in [-0.3, -0.25) is 4.98 Å². The fourth-order valence-electron chi connectivity index (χ4n) is 7.39. The zero-order valence-corrected chi connectivity index (χ0v) is 30.7. The second-order valence-electron chi connectivity index (χ2n) is 14.3. The standard InChI is InChI=1S/C51H39N3/c1-33(2)46-28-26-39-25-27-44-45(36-14-6-4-7-15-36)32-49(54-51(44)50(39)53-46)41-19-12-18-40(29-41)35-21-23-38(24-22-35)48-31-42(43-20-11-10-13-34(43)3)30-47(52-48)37-16-8-5-9-17-37/h4-33H,1-3H3. The molecule has 0 bridgehead atoms. The molecule has 9 aromatic rings. The quantitative estimate of drug-likeness (QED) is 0.156. The molecule has 0 radical (unpaired) electrons. The summed E-state index contributed by atoms with van der Waals surface area (Å²) in [5, 5.41) is 2.20. The summed E-state index contributed by atoms with van der Waals surface area (Å²) in [5.41, 5.74) is 17.2. The molecule has 54 heavy (non-hydrogen) atoms. The van der Waals surface area contributed by atoms with Crippen LogP contribution in [0.2, 0.25) is 0 Å². The number of benzene rings is 6. The molecule has 3 heterocycles. The maximum Gasteiger partial charge on any atom is 0.0978 e. The van der Waals surface area contributed by atoms with E-state index in [-0.39, 0.29) is 0 Å². The van der Waals surface area contributed by atoms with Crippen molar-refractivity contribution in [2.24, 2.45) is 0 Å². The van der Waals surface area contributed by atoms with Gasteiger partial charge in [-0.25, -0.2) is 9.97 Å². The Morgan fingerprint density at radius 3 is 1.69 bits per heavy atom. The molecule has 3 aromatic heterocycles. The van der Waals surface area contributed by atoms with Crippen molar-refractivity contribution in [2.45, 2.75) is 26.7 Å². The van der Waals surface area contributed by atoms with Crippen molar-refractivity contribution in [1.82, 2.24) is 15.0 Å². The van der Waals surface area contributed by atoms with E-state index in [4.69, 9.17) is 15.0 Å². The maximum absolute atomic E-state index is 5.35. The summed E-state index contributed by atoms with van der Waals surface area (Å²) in [7, 11) is 0. The van der Waals surface area contributed by atoms with Gasteiger partial charge in [0.1, 0.15) is 0 Å². The Labute approximate surface area is 316 Å². The summed E-state index contributed by atoms with van der Waals surface area (Å²) in [4.78, 5) is 15.7. The van der Waals surface area contributed by atoms with Gasteiger partial charge in [-0.15, -0.1) is 0 Å². The molecule has 258 valence electrons. The molecule has 0 saturated carbocycles. The minimum absolute atomic E-state index is 0.322. The summed E-state index contributed by atoms with van der Waals surface area (Å²) in [6.45, 7) is 6.54. The van der Waals surface area contributed by atoms with Gasteiger partial charge in [-0.05, 0) is 82.1 Å². The zero-order valence-electron chi connectivity index (χ0n) is 30.7. The third-order valence-corrected chi connectivity index (χ3v) is 10.4. The van der Waals surface area contributed by atoms with Gasteiger partial charge in [0.05, 0.1) is 28.1 Å². The maximum atomic E-state index is 5.35. The Balaban J connectivity index is 1.13. The lowest BCUT2D eigenvalue weighted by Crippen LogP contribution is -1.96. The Morgan fingerprint density at radius 2 is 0.963 bits per heavy atom. The minimum Gasteiger partial charge on any atom is -0.250 e. The highest BCUT2D eigenvalue weighted by Gasteiger charge is 2.15. The van der Waals surface area contributed by atoms with Crippen LogP contribution in [0.25, 0.3) is 89.0 Å². The summed E-state index contributed by atoms with van der Waals surface area (Å²) < 4.78 is 0. The average molecular weight is 694 g/mol. The molecule has 0 N–H and O–H groups in total. The minimum atomic E-state index is 0.322. The van der Waals surface area contributed by atoms with Crippen LogP contribution in [-0.4, -0.2) is 15.0 Å². The van der Waals surface area contributed by atoms with Crippen LogP contribution in [0.3, 0.4) is 0 Å². The summed E-state index contributed by atoms with van der Waals surface area (Å²) >= 11 is 0. The van der Waals surface area contributed by atoms with E-state index < -0.39 is 0 Å². The molecule has 0 saturated heterocycles. The first-order chi connectivity index (χ1) is 26.5. The van der Waals surface area contributed by atoms with Crippen molar-refractivity contribution in [3.05, 3.63) is 187 Å². The number of rotatable bonds is 7. The van der Waals surface area contributed by atoms with Crippen LogP contribution in [0.4, 0.5) is 0 Å². The van der Waals surface area contributed by atoms with E-state index >= 15 is 0 Å². The molecule has 3 heteroatoms. The fourth-order valence-corrected chi connectivity index (χ4v) is 7.39. The third-order valence-electron chi connectivity index (χ3n) is 10.4. The number of pyridine rings is 3. The van der Waals surface area contributed by atoms with Crippen molar-refractivity contribution in [1.29, 1.82) is 0 Å². The van der Waals surface area contributed by atoms with Gasteiger partial charge in [-0.2, -0.15) is 0 Å². The molecule has 0 atom stereocenters. The normalized spacial score (nSPS) is 11.4. The lowest BCUT2D eigenvalue weighted by atomic mass is 9.95. The molecule has 0 aliphatic carbocycles. The lowest BCUT2D eigenvalue weighted by Gasteiger charge is -2.14. The van der Waals surface area contributed by atoms with E-state index in [1.807, 2.05) is 6.07 Å². The largest absolute Gasteiger partial charge is 0.250 e. The SMILES string of the molecule is Cc1ccccc1-c1cc(-c2ccccc2)nc(-c2ccc(-c3cccc(-c4cc(-c5ccccc5)c5ccc6ccc(C(C)C)nc6c5n4)c3)cc2)c1. The summed E-state index contributed by atoms with van der Waals surface area (Å²) in [5.74, 6) is 0.322. The van der Waals surface area contributed by atoms with Gasteiger partial charge in [0.25, 0.3) is 0 Å². The number of fused-ring (bicyclic) bond motifs is 3. The van der Waals surface area contributed by atoms with E-state index in [9.17, 15) is 0 Å². The molecule has 0 unspecified atom stereocenters. The summed E-state index contributed by atoms with van der Waals surface area (Å²) in [6.07, 6.45) is 0. The Kier molecular flexibility index (Phi) is 8.61. The third kappa shape index (κ3) is 6.35. The Morgan fingerprint density at radius 1 is 0.370 bits per heavy atom. The van der Waals surface area contributed by atoms with E-state index in [1.165, 1.54) is 11.1 Å². The van der Waals surface area contributed by atoms with E-state index in [0.29, 0.717) is 5.92 Å². The highest BCUT2D eigenvalue weighted by atomic mass is 14.8. The van der Waals surface area contributed by atoms with E-state index in [2.05, 4.69) is 191 Å². The van der Waals surface area contributed by atoms with Crippen LogP contribution in [-0.2, 0) is 0 Å². The van der Waals surface area contributed by atoms with Gasteiger partial charge in [0.2, 0.25) is 0 Å². The van der Waals surface area contributed by atoms with Crippen LogP contribution in [0, 0.1) is 6.92 Å². The first kappa shape index (κ1) is 33.1. The molecule has 0 fully saturated rings. The molecule has 3 nitrogen and oxygen atoms in total. The predicted octanol–water partition coefficient (Wildman–Crippen LogP) is 13.6. The molecule has 0 aliphatic rings. The molecule has 0 spiro atoms. The first-order valence-electron chi connectivity index (χ1n) is 18.6. The number of aromatic nitrogens is 3. The van der Waals surface area contributed by atoms with Crippen molar-refractivity contribution >= 4 is 21.8 Å². The predicted molar refractivity (Wildman–Crippen MR) is 226 cm³/mol. The second kappa shape index (κ2) is 14.0. The number of hydrogen-bond acceptors (Lipinski definition) is 3. The second-order valence-corrected chi connectivity index (χ2v) is 14.3. The van der Waals surface area contributed by atoms with Crippen LogP contribution in [0.5, 0.6) is 0 Å². The molecule has 0 aliphatic heterocycles. The van der Waals surface area contributed by atoms with Crippen LogP contribution in [0.1, 0.15) is 31.0 Å². The van der Waals surface area contributed by atoms with Crippen molar-refractivity contribution in [2.75, 3.05) is 0 Å². The van der Waals surface area contributed by atoms with E-state index in [1.54, 1.807) is 0 Å². The summed E-state index contributed by atoms with van der Waals surface area (Å²) in [6, 6.07) is 62.4. The van der Waals surface area contributed by atoms with Crippen LogP contribution in [0.15, 0.2) is 176 Å². The van der Waals surface area contributed by atoms with Gasteiger partial charge < -0.3 is 0 Å². The Bertz CT molecular complexity index is 2790. The van der Waals surface area contributed by atoms with Crippen molar-refractivity contribution < 1.29 is 0 Å². The van der Waals surface area contributed by atoms with Gasteiger partial charge >= 0.3 is 0 Å². The highest BCUT2D eigenvalue weighted by Crippen LogP contribution is 2.37. The molecular formula is C51H39N3. The Hall–Kier alpha value is -6.71. The molecule has 9 rings (SSSR count). The van der Waals surface area contributed by atoms with Crippen molar-refractivity contribution in [3.8, 4) is 67.2 Å². The molecule has 6 aromatic carbocycles. The van der Waals surface area contributed by atoms with Gasteiger partial charge in [-0.1, -0.05) is 159 Å². The van der Waals surface area contributed by atoms with E-state index in [0.717, 1.165) is 89.1 Å². The fraction of sp³-hybridized carbons (Fsp3) is 0.0784. The topological polar surface area (TPSA) is 38.7 Å². The number of nitrogens with zero attached hydrogens (tertiary/aromatic N) is 3. The number of aryl methyl sites for hydroxylation is 1. The molecular weight excluding hydrogens is 655 g/mol. The van der Waals surface area contributed by atoms with Gasteiger partial charge in [0, 0.05) is 33.2 Å². The smallest absolute Gasteiger partial charge is 0.0978 e.